The minimum atomic E-state index is 0.355. The third-order valence-electron chi connectivity index (χ3n) is 2.66. The van der Waals surface area contributed by atoms with Crippen molar-refractivity contribution < 1.29 is 4.42 Å². The Morgan fingerprint density at radius 2 is 2.13 bits per heavy atom. The van der Waals surface area contributed by atoms with Gasteiger partial charge in [0.05, 0.1) is 6.26 Å². The highest BCUT2D eigenvalue weighted by molar-refractivity contribution is 9.09. The minimum absolute atomic E-state index is 0.355. The topological polar surface area (TPSA) is 13.1 Å². The van der Waals surface area contributed by atoms with Crippen molar-refractivity contribution in [1.82, 2.24) is 0 Å². The van der Waals surface area contributed by atoms with Crippen molar-refractivity contribution in [2.45, 2.75) is 32.6 Å². The lowest BCUT2D eigenvalue weighted by molar-refractivity contribution is 0.295. The first-order valence-electron chi connectivity index (χ1n) is 5.18. The van der Waals surface area contributed by atoms with Crippen LogP contribution in [0.4, 0.5) is 0 Å². The van der Waals surface area contributed by atoms with Gasteiger partial charge in [0.1, 0.15) is 5.76 Å². The van der Waals surface area contributed by atoms with E-state index in [2.05, 4.69) is 36.7 Å². The molecule has 0 aliphatic carbocycles. The first-order chi connectivity index (χ1) is 6.95. The Morgan fingerprint density at radius 3 is 2.53 bits per heavy atom. The molecule has 0 bridgehead atoms. The number of hydrogen-bond donors (Lipinski definition) is 0. The summed E-state index contributed by atoms with van der Waals surface area (Å²) in [5.74, 6) is 2.84. The van der Waals surface area contributed by atoms with Crippen LogP contribution in [0.2, 0.25) is 0 Å². The Labute approximate surface area is 105 Å². The lowest BCUT2D eigenvalue weighted by Crippen LogP contribution is -2.23. The highest BCUT2D eigenvalue weighted by atomic mass is 79.9. The number of rotatable bonds is 4. The maximum Gasteiger partial charge on any atom is 0.114 e. The third-order valence-corrected chi connectivity index (χ3v) is 4.75. The second kappa shape index (κ2) is 5.44. The van der Waals surface area contributed by atoms with Crippen LogP contribution in [0.5, 0.6) is 0 Å². The predicted octanol–water partition coefficient (Wildman–Crippen LogP) is 4.74. The van der Waals surface area contributed by atoms with E-state index in [9.17, 15) is 0 Å². The lowest BCUT2D eigenvalue weighted by atomic mass is 9.83. The average molecular weight is 291 g/mol. The maximum absolute atomic E-state index is 5.28. The van der Waals surface area contributed by atoms with Gasteiger partial charge in [-0.15, -0.1) is 11.8 Å². The summed E-state index contributed by atoms with van der Waals surface area (Å²) in [5, 5.41) is 1.06. The number of thioether (sulfide) groups is 1. The SMILES string of the molecule is Cc1occc1SCC(CBr)C(C)(C)C. The Balaban J connectivity index is 2.52. The van der Waals surface area contributed by atoms with E-state index in [1.165, 1.54) is 4.90 Å². The van der Waals surface area contributed by atoms with Gasteiger partial charge in [-0.25, -0.2) is 0 Å². The molecule has 0 amide bonds. The molecule has 0 N–H and O–H groups in total. The van der Waals surface area contributed by atoms with Crippen LogP contribution in [0.25, 0.3) is 0 Å². The summed E-state index contributed by atoms with van der Waals surface area (Å²) in [4.78, 5) is 1.27. The third kappa shape index (κ3) is 3.87. The zero-order valence-corrected chi connectivity index (χ0v) is 12.2. The molecule has 1 aromatic heterocycles. The fourth-order valence-electron chi connectivity index (χ4n) is 1.24. The molecule has 1 nitrogen and oxygen atoms in total. The normalized spacial score (nSPS) is 14.2. The molecule has 0 saturated heterocycles. The van der Waals surface area contributed by atoms with E-state index in [4.69, 9.17) is 4.42 Å². The first-order valence-corrected chi connectivity index (χ1v) is 7.28. The Kier molecular flexibility index (Phi) is 4.78. The highest BCUT2D eigenvalue weighted by Gasteiger charge is 2.23. The van der Waals surface area contributed by atoms with Gasteiger partial charge in [-0.1, -0.05) is 36.7 Å². The minimum Gasteiger partial charge on any atom is -0.468 e. The summed E-state index contributed by atoms with van der Waals surface area (Å²) in [5.41, 5.74) is 0.355. The molecule has 0 aliphatic rings. The highest BCUT2D eigenvalue weighted by Crippen LogP contribution is 2.34. The molecule has 0 radical (unpaired) electrons. The Morgan fingerprint density at radius 1 is 1.47 bits per heavy atom. The van der Waals surface area contributed by atoms with Crippen LogP contribution in [0, 0.1) is 18.3 Å². The molecule has 1 heterocycles. The van der Waals surface area contributed by atoms with Crippen molar-refractivity contribution in [3.63, 3.8) is 0 Å². The van der Waals surface area contributed by atoms with Crippen molar-refractivity contribution in [2.75, 3.05) is 11.1 Å². The van der Waals surface area contributed by atoms with E-state index < -0.39 is 0 Å². The second-order valence-corrected chi connectivity index (χ2v) is 6.58. The second-order valence-electron chi connectivity index (χ2n) is 4.87. The van der Waals surface area contributed by atoms with Gasteiger partial charge in [0.2, 0.25) is 0 Å². The number of alkyl halides is 1. The van der Waals surface area contributed by atoms with E-state index in [-0.39, 0.29) is 0 Å². The van der Waals surface area contributed by atoms with Gasteiger partial charge >= 0.3 is 0 Å². The molecule has 0 aromatic carbocycles. The summed E-state index contributed by atoms with van der Waals surface area (Å²) in [6.45, 7) is 8.90. The molecule has 0 spiro atoms. The van der Waals surface area contributed by atoms with Crippen LogP contribution >= 0.6 is 27.7 Å². The van der Waals surface area contributed by atoms with E-state index in [0.717, 1.165) is 16.8 Å². The fraction of sp³-hybridized carbons (Fsp3) is 0.667. The van der Waals surface area contributed by atoms with Gasteiger partial charge in [0.25, 0.3) is 0 Å². The van der Waals surface area contributed by atoms with Crippen LogP contribution in [0.3, 0.4) is 0 Å². The zero-order chi connectivity index (χ0) is 11.5. The van der Waals surface area contributed by atoms with Crippen molar-refractivity contribution >= 4 is 27.7 Å². The van der Waals surface area contributed by atoms with Crippen molar-refractivity contribution in [3.05, 3.63) is 18.1 Å². The van der Waals surface area contributed by atoms with Crippen molar-refractivity contribution in [1.29, 1.82) is 0 Å². The van der Waals surface area contributed by atoms with E-state index in [0.29, 0.717) is 11.3 Å². The lowest BCUT2D eigenvalue weighted by Gasteiger charge is -2.28. The van der Waals surface area contributed by atoms with Crippen molar-refractivity contribution in [2.24, 2.45) is 11.3 Å². The molecule has 15 heavy (non-hydrogen) atoms. The van der Waals surface area contributed by atoms with Gasteiger partial charge in [0, 0.05) is 16.0 Å². The summed E-state index contributed by atoms with van der Waals surface area (Å²) in [6.07, 6.45) is 1.76. The number of aryl methyl sites for hydroxylation is 1. The zero-order valence-electron chi connectivity index (χ0n) is 9.84. The molecule has 1 atom stereocenters. The summed E-state index contributed by atoms with van der Waals surface area (Å²) in [6, 6.07) is 2.05. The number of hydrogen-bond acceptors (Lipinski definition) is 2. The molecular formula is C12H19BrOS. The van der Waals surface area contributed by atoms with Crippen molar-refractivity contribution in [3.8, 4) is 0 Å². The van der Waals surface area contributed by atoms with E-state index in [1.54, 1.807) is 6.26 Å². The molecule has 3 heteroatoms. The number of furan rings is 1. The van der Waals surface area contributed by atoms with E-state index >= 15 is 0 Å². The Bertz CT molecular complexity index is 301. The largest absolute Gasteiger partial charge is 0.468 e. The number of halogens is 1. The molecule has 1 aromatic rings. The first kappa shape index (κ1) is 13.2. The molecule has 86 valence electrons. The predicted molar refractivity (Wildman–Crippen MR) is 70.9 cm³/mol. The standard InChI is InChI=1S/C12H19BrOS/c1-9-11(5-6-14-9)15-8-10(7-13)12(2,3)4/h5-6,10H,7-8H2,1-4H3. The molecule has 1 rings (SSSR count). The molecule has 0 fully saturated rings. The van der Waals surface area contributed by atoms with Crippen LogP contribution in [-0.4, -0.2) is 11.1 Å². The quantitative estimate of drug-likeness (QED) is 0.587. The smallest absolute Gasteiger partial charge is 0.114 e. The molecule has 0 aliphatic heterocycles. The maximum atomic E-state index is 5.28. The summed E-state index contributed by atoms with van der Waals surface area (Å²) < 4.78 is 5.28. The van der Waals surface area contributed by atoms with Crippen LogP contribution in [-0.2, 0) is 0 Å². The van der Waals surface area contributed by atoms with Gasteiger partial charge < -0.3 is 4.42 Å². The molecular weight excluding hydrogens is 272 g/mol. The molecule has 1 unspecified atom stereocenters. The van der Waals surface area contributed by atoms with Gasteiger partial charge in [0.15, 0.2) is 0 Å². The van der Waals surface area contributed by atoms with Crippen LogP contribution in [0.1, 0.15) is 26.5 Å². The van der Waals surface area contributed by atoms with Gasteiger partial charge in [-0.3, -0.25) is 0 Å². The van der Waals surface area contributed by atoms with Gasteiger partial charge in [-0.2, -0.15) is 0 Å². The summed E-state index contributed by atoms with van der Waals surface area (Å²) in [7, 11) is 0. The fourth-order valence-corrected chi connectivity index (χ4v) is 4.14. The summed E-state index contributed by atoms with van der Waals surface area (Å²) >= 11 is 5.49. The molecule has 0 saturated carbocycles. The Hall–Kier alpha value is 0.110. The van der Waals surface area contributed by atoms with E-state index in [1.807, 2.05) is 24.8 Å². The average Bonchev–Trinajstić information content (AvgIpc) is 2.50. The van der Waals surface area contributed by atoms with Crippen LogP contribution < -0.4 is 0 Å². The van der Waals surface area contributed by atoms with Gasteiger partial charge in [-0.05, 0) is 24.3 Å². The van der Waals surface area contributed by atoms with Crippen LogP contribution in [0.15, 0.2) is 21.6 Å². The monoisotopic (exact) mass is 290 g/mol.